The Morgan fingerprint density at radius 3 is 2.00 bits per heavy atom. The third-order valence-electron chi connectivity index (χ3n) is 5.61. The van der Waals surface area contributed by atoms with Gasteiger partial charge >= 0.3 is 12.4 Å². The number of rotatable bonds is 2. The number of hydrogen-bond donors (Lipinski definition) is 1. The van der Waals surface area contributed by atoms with Gasteiger partial charge in [0.2, 0.25) is 0 Å². The summed E-state index contributed by atoms with van der Waals surface area (Å²) in [7, 11) is 0. The lowest BCUT2D eigenvalue weighted by molar-refractivity contribution is -0.373. The fourth-order valence-electron chi connectivity index (χ4n) is 4.60. The highest BCUT2D eigenvalue weighted by Crippen LogP contribution is 2.60. The number of hydrogen-bond acceptors (Lipinski definition) is 2. The van der Waals surface area contributed by atoms with Crippen LogP contribution in [0.25, 0.3) is 0 Å². The second-order valence-corrected chi connectivity index (χ2v) is 6.58. The summed E-state index contributed by atoms with van der Waals surface area (Å²) in [5.74, 6) is -0.473. The summed E-state index contributed by atoms with van der Waals surface area (Å²) < 4.78 is 81.9. The molecular formula is C13H16F6O2. The highest BCUT2D eigenvalue weighted by Gasteiger charge is 2.71. The standard InChI is InChI=1S/C13H16F6O2/c14-12(15,16)11(20,13(17,18)19)3-7-1-6-2-8(7)10-5-21-4-9(6)10/h6-10,20H,1-5H2. The highest BCUT2D eigenvalue weighted by molar-refractivity contribution is 5.06. The lowest BCUT2D eigenvalue weighted by atomic mass is 9.72. The van der Waals surface area contributed by atoms with Crippen LogP contribution in [0, 0.1) is 29.6 Å². The zero-order valence-corrected chi connectivity index (χ0v) is 11.0. The summed E-state index contributed by atoms with van der Waals surface area (Å²) in [5, 5.41) is 9.33. The molecule has 0 radical (unpaired) electrons. The van der Waals surface area contributed by atoms with Crippen molar-refractivity contribution >= 4 is 0 Å². The second kappa shape index (κ2) is 4.50. The molecule has 0 aromatic carbocycles. The van der Waals surface area contributed by atoms with E-state index in [1.165, 1.54) is 0 Å². The molecule has 1 aliphatic heterocycles. The van der Waals surface area contributed by atoms with E-state index in [9.17, 15) is 31.4 Å². The van der Waals surface area contributed by atoms with Gasteiger partial charge in [0.15, 0.2) is 0 Å². The molecule has 5 atom stereocenters. The van der Waals surface area contributed by atoms with E-state index in [-0.39, 0.29) is 23.7 Å². The summed E-state index contributed by atoms with van der Waals surface area (Å²) in [5.41, 5.74) is -4.61. The molecule has 1 heterocycles. The molecule has 0 amide bonds. The number of fused-ring (bicyclic) bond motifs is 5. The minimum absolute atomic E-state index is 0.0551. The van der Waals surface area contributed by atoms with E-state index < -0.39 is 30.3 Å². The molecule has 21 heavy (non-hydrogen) atoms. The van der Waals surface area contributed by atoms with Crippen molar-refractivity contribution in [2.45, 2.75) is 37.2 Å². The van der Waals surface area contributed by atoms with Gasteiger partial charge in [0.1, 0.15) is 0 Å². The number of aliphatic hydroxyl groups is 1. The van der Waals surface area contributed by atoms with Gasteiger partial charge in [0.25, 0.3) is 5.60 Å². The van der Waals surface area contributed by atoms with Crippen LogP contribution in [0.3, 0.4) is 0 Å². The maximum Gasteiger partial charge on any atom is 0.426 e. The van der Waals surface area contributed by atoms with Crippen molar-refractivity contribution in [2.24, 2.45) is 29.6 Å². The molecule has 2 bridgehead atoms. The molecule has 3 aliphatic rings. The molecule has 8 heteroatoms. The predicted octanol–water partition coefficient (Wildman–Crippen LogP) is 3.15. The number of halogens is 6. The first-order valence-corrected chi connectivity index (χ1v) is 6.98. The van der Waals surface area contributed by atoms with E-state index in [0.29, 0.717) is 26.1 Å². The first-order chi connectivity index (χ1) is 9.54. The molecular weight excluding hydrogens is 302 g/mol. The third-order valence-corrected chi connectivity index (χ3v) is 5.61. The summed E-state index contributed by atoms with van der Waals surface area (Å²) in [6.45, 7) is 0.972. The van der Waals surface area contributed by atoms with Crippen LogP contribution in [0.4, 0.5) is 26.3 Å². The van der Waals surface area contributed by atoms with Crippen LogP contribution in [-0.4, -0.2) is 36.3 Å². The molecule has 1 saturated heterocycles. The van der Waals surface area contributed by atoms with E-state index in [4.69, 9.17) is 4.74 Å². The Bertz CT molecular complexity index is 404. The Hall–Kier alpha value is -0.500. The van der Waals surface area contributed by atoms with Crippen LogP contribution in [0.5, 0.6) is 0 Å². The van der Waals surface area contributed by atoms with Gasteiger partial charge in [-0.1, -0.05) is 0 Å². The van der Waals surface area contributed by atoms with Crippen LogP contribution in [-0.2, 0) is 4.74 Å². The molecule has 0 aromatic heterocycles. The maximum absolute atomic E-state index is 12.8. The quantitative estimate of drug-likeness (QED) is 0.793. The monoisotopic (exact) mass is 318 g/mol. The molecule has 1 N–H and O–H groups in total. The van der Waals surface area contributed by atoms with Gasteiger partial charge < -0.3 is 9.84 Å². The second-order valence-electron chi connectivity index (χ2n) is 6.58. The van der Waals surface area contributed by atoms with Crippen LogP contribution >= 0.6 is 0 Å². The van der Waals surface area contributed by atoms with Gasteiger partial charge in [-0.25, -0.2) is 0 Å². The molecule has 3 fully saturated rings. The normalized spacial score (nSPS) is 39.9. The average Bonchev–Trinajstić information content (AvgIpc) is 2.96. The predicted molar refractivity (Wildman–Crippen MR) is 59.2 cm³/mol. The van der Waals surface area contributed by atoms with Gasteiger partial charge in [0, 0.05) is 0 Å². The summed E-state index contributed by atoms with van der Waals surface area (Å²) >= 11 is 0. The molecule has 122 valence electrons. The van der Waals surface area contributed by atoms with Crippen LogP contribution in [0.1, 0.15) is 19.3 Å². The molecule has 3 rings (SSSR count). The topological polar surface area (TPSA) is 29.5 Å². The van der Waals surface area contributed by atoms with Gasteiger partial charge in [-0.15, -0.1) is 0 Å². The third kappa shape index (κ3) is 2.17. The average molecular weight is 318 g/mol. The fraction of sp³-hybridized carbons (Fsp3) is 1.00. The van der Waals surface area contributed by atoms with Crippen molar-refractivity contribution in [3.63, 3.8) is 0 Å². The lowest BCUT2D eigenvalue weighted by Gasteiger charge is -2.38. The van der Waals surface area contributed by atoms with Crippen molar-refractivity contribution in [1.82, 2.24) is 0 Å². The van der Waals surface area contributed by atoms with E-state index in [2.05, 4.69) is 0 Å². The summed E-state index contributed by atoms with van der Waals surface area (Å²) in [6.07, 6.45) is -11.7. The van der Waals surface area contributed by atoms with E-state index in [1.54, 1.807) is 0 Å². The van der Waals surface area contributed by atoms with Crippen molar-refractivity contribution < 1.29 is 36.2 Å². The maximum atomic E-state index is 12.8. The smallest absolute Gasteiger partial charge is 0.381 e. The van der Waals surface area contributed by atoms with Crippen molar-refractivity contribution in [2.75, 3.05) is 13.2 Å². The molecule has 2 nitrogen and oxygen atoms in total. The minimum atomic E-state index is -5.71. The van der Waals surface area contributed by atoms with Crippen molar-refractivity contribution in [3.8, 4) is 0 Å². The highest BCUT2D eigenvalue weighted by atomic mass is 19.4. The summed E-state index contributed by atoms with van der Waals surface area (Å²) in [6, 6.07) is 0. The Labute approximate surface area is 117 Å². The van der Waals surface area contributed by atoms with Crippen molar-refractivity contribution in [3.05, 3.63) is 0 Å². The fourth-order valence-corrected chi connectivity index (χ4v) is 4.60. The van der Waals surface area contributed by atoms with Gasteiger partial charge in [-0.3, -0.25) is 0 Å². The van der Waals surface area contributed by atoms with Crippen LogP contribution in [0.2, 0.25) is 0 Å². The molecule has 2 aliphatic carbocycles. The lowest BCUT2D eigenvalue weighted by Crippen LogP contribution is -2.58. The Morgan fingerprint density at radius 1 is 0.857 bits per heavy atom. The molecule has 0 spiro atoms. The molecule has 0 aromatic rings. The minimum Gasteiger partial charge on any atom is -0.381 e. The first-order valence-electron chi connectivity index (χ1n) is 6.98. The Morgan fingerprint density at radius 2 is 1.43 bits per heavy atom. The largest absolute Gasteiger partial charge is 0.426 e. The Kier molecular flexibility index (Phi) is 3.30. The Balaban J connectivity index is 1.79. The van der Waals surface area contributed by atoms with E-state index in [1.807, 2.05) is 0 Å². The molecule has 2 saturated carbocycles. The molecule has 5 unspecified atom stereocenters. The van der Waals surface area contributed by atoms with E-state index >= 15 is 0 Å². The number of alkyl halides is 6. The first kappa shape index (κ1) is 15.4. The van der Waals surface area contributed by atoms with Gasteiger partial charge in [0.05, 0.1) is 13.2 Å². The van der Waals surface area contributed by atoms with Crippen molar-refractivity contribution in [1.29, 1.82) is 0 Å². The van der Waals surface area contributed by atoms with Crippen LogP contribution in [0.15, 0.2) is 0 Å². The zero-order chi connectivity index (χ0) is 15.6. The van der Waals surface area contributed by atoms with Crippen LogP contribution < -0.4 is 0 Å². The van der Waals surface area contributed by atoms with Gasteiger partial charge in [-0.2, -0.15) is 26.3 Å². The summed E-state index contributed by atoms with van der Waals surface area (Å²) in [4.78, 5) is 0. The SMILES string of the molecule is OC(CC1CC2CC1C1COCC21)(C(F)(F)F)C(F)(F)F. The van der Waals surface area contributed by atoms with E-state index in [0.717, 1.165) is 0 Å². The van der Waals surface area contributed by atoms with Gasteiger partial charge in [-0.05, 0) is 48.9 Å². The zero-order valence-electron chi connectivity index (χ0n) is 11.0. The number of ether oxygens (including phenoxy) is 1.